The standard InChI is InChI=1S/C31H46O2.2C4H10.C2H6/c1-27(2,3)21-11-13-23-24-14-12-22(28(4,5)6)20-26(24)31(25(23)19-21,29(7,8)15-17-32)30(9,10)16-18-33;2*1-4(2)3;1-2/h11-14,19-20,32-33H,15-18H2,1-10H3;2*4H,1-3H3;1-2H3. The van der Waals surface area contributed by atoms with E-state index in [1.54, 1.807) is 0 Å². The number of hydrogen-bond donors (Lipinski definition) is 2. The molecule has 2 aromatic carbocycles. The molecule has 0 amide bonds. The molecule has 0 radical (unpaired) electrons. The van der Waals surface area contributed by atoms with Gasteiger partial charge in [-0.25, -0.2) is 0 Å². The molecular formula is C41H72O2. The summed E-state index contributed by atoms with van der Waals surface area (Å²) in [5, 5.41) is 20.4. The van der Waals surface area contributed by atoms with Crippen LogP contribution in [0.2, 0.25) is 0 Å². The third-order valence-corrected chi connectivity index (χ3v) is 8.37. The van der Waals surface area contributed by atoms with Crippen molar-refractivity contribution in [2.45, 2.75) is 154 Å². The predicted octanol–water partition coefficient (Wildman–Crippen LogP) is 11.7. The van der Waals surface area contributed by atoms with E-state index in [0.29, 0.717) is 12.8 Å². The first-order valence-electron chi connectivity index (χ1n) is 17.0. The summed E-state index contributed by atoms with van der Waals surface area (Å²) in [5.74, 6) is 1.67. The van der Waals surface area contributed by atoms with Crippen molar-refractivity contribution in [2.75, 3.05) is 13.2 Å². The van der Waals surface area contributed by atoms with Gasteiger partial charge in [-0.05, 0) is 79.7 Å². The van der Waals surface area contributed by atoms with Gasteiger partial charge in [-0.15, -0.1) is 0 Å². The molecule has 0 unspecified atom stereocenters. The largest absolute Gasteiger partial charge is 0.396 e. The Bertz CT molecular complexity index is 1010. The zero-order chi connectivity index (χ0) is 34.2. The van der Waals surface area contributed by atoms with Crippen LogP contribution in [-0.4, -0.2) is 23.4 Å². The molecule has 248 valence electrons. The van der Waals surface area contributed by atoms with Gasteiger partial charge >= 0.3 is 0 Å². The molecule has 43 heavy (non-hydrogen) atoms. The van der Waals surface area contributed by atoms with E-state index >= 15 is 0 Å². The van der Waals surface area contributed by atoms with Crippen molar-refractivity contribution >= 4 is 0 Å². The lowest BCUT2D eigenvalue weighted by Crippen LogP contribution is -2.53. The highest BCUT2D eigenvalue weighted by Crippen LogP contribution is 2.67. The van der Waals surface area contributed by atoms with Gasteiger partial charge in [0, 0.05) is 18.6 Å². The van der Waals surface area contributed by atoms with Crippen LogP contribution in [0.3, 0.4) is 0 Å². The summed E-state index contributed by atoms with van der Waals surface area (Å²) in [7, 11) is 0. The van der Waals surface area contributed by atoms with E-state index in [4.69, 9.17) is 0 Å². The first kappa shape index (κ1) is 41.4. The minimum Gasteiger partial charge on any atom is -0.396 e. The SMILES string of the molecule is CC.CC(C)(C)c1ccc2c(c1)C(C(C)(C)CCO)(C(C)(C)CCO)c1cc(C(C)(C)C)ccc1-2.CC(C)C.CC(C)C. The maximum absolute atomic E-state index is 10.2. The van der Waals surface area contributed by atoms with Gasteiger partial charge in [-0.2, -0.15) is 0 Å². The highest BCUT2D eigenvalue weighted by molar-refractivity contribution is 5.83. The molecule has 3 rings (SSSR count). The molecule has 0 aliphatic heterocycles. The van der Waals surface area contributed by atoms with E-state index in [-0.39, 0.29) is 40.3 Å². The van der Waals surface area contributed by atoms with Gasteiger partial charge in [-0.1, -0.05) is 161 Å². The van der Waals surface area contributed by atoms with Crippen LogP contribution in [0.1, 0.15) is 160 Å². The van der Waals surface area contributed by atoms with Crippen LogP contribution in [0, 0.1) is 22.7 Å². The first-order chi connectivity index (χ1) is 19.5. The molecule has 0 saturated heterocycles. The second-order valence-electron chi connectivity index (χ2n) is 16.9. The number of aliphatic hydroxyl groups excluding tert-OH is 2. The summed E-state index contributed by atoms with van der Waals surface area (Å²) in [6.45, 7) is 40.2. The molecule has 0 bridgehead atoms. The number of fused-ring (bicyclic) bond motifs is 3. The van der Waals surface area contributed by atoms with Crippen LogP contribution in [0.25, 0.3) is 11.1 Å². The van der Waals surface area contributed by atoms with Crippen molar-refractivity contribution in [3.63, 3.8) is 0 Å². The summed E-state index contributed by atoms with van der Waals surface area (Å²) < 4.78 is 0. The fourth-order valence-corrected chi connectivity index (χ4v) is 6.57. The monoisotopic (exact) mass is 597 g/mol. The van der Waals surface area contributed by atoms with E-state index in [1.807, 2.05) is 13.8 Å². The number of hydrogen-bond acceptors (Lipinski definition) is 2. The highest BCUT2D eigenvalue weighted by atomic mass is 16.3. The predicted molar refractivity (Wildman–Crippen MR) is 193 cm³/mol. The molecule has 0 spiro atoms. The van der Waals surface area contributed by atoms with E-state index in [0.717, 1.165) is 11.8 Å². The van der Waals surface area contributed by atoms with Crippen molar-refractivity contribution in [1.29, 1.82) is 0 Å². The van der Waals surface area contributed by atoms with Gasteiger partial charge in [0.15, 0.2) is 0 Å². The van der Waals surface area contributed by atoms with Crippen LogP contribution in [0.15, 0.2) is 36.4 Å². The Balaban J connectivity index is 0.00000154. The second-order valence-corrected chi connectivity index (χ2v) is 16.9. The molecule has 0 heterocycles. The van der Waals surface area contributed by atoms with Crippen LogP contribution in [-0.2, 0) is 16.2 Å². The summed E-state index contributed by atoms with van der Waals surface area (Å²) in [4.78, 5) is 0. The Morgan fingerprint density at radius 3 is 1.00 bits per heavy atom. The molecule has 2 heteroatoms. The van der Waals surface area contributed by atoms with Gasteiger partial charge in [0.2, 0.25) is 0 Å². The lowest BCUT2D eigenvalue weighted by atomic mass is 9.47. The van der Waals surface area contributed by atoms with Crippen LogP contribution in [0.5, 0.6) is 0 Å². The molecule has 2 N–H and O–H groups in total. The van der Waals surface area contributed by atoms with Gasteiger partial charge in [0.1, 0.15) is 0 Å². The third-order valence-electron chi connectivity index (χ3n) is 8.37. The average Bonchev–Trinajstić information content (AvgIpc) is 3.14. The Labute approximate surface area is 269 Å². The van der Waals surface area contributed by atoms with E-state index in [2.05, 4.69) is 147 Å². The van der Waals surface area contributed by atoms with E-state index in [1.165, 1.54) is 33.4 Å². The highest BCUT2D eigenvalue weighted by Gasteiger charge is 2.60. The summed E-state index contributed by atoms with van der Waals surface area (Å²) >= 11 is 0. The molecule has 2 aromatic rings. The topological polar surface area (TPSA) is 40.5 Å². The average molecular weight is 597 g/mol. The smallest absolute Gasteiger partial charge is 0.0436 e. The lowest BCUT2D eigenvalue weighted by molar-refractivity contribution is 0.0263. The first-order valence-corrected chi connectivity index (χ1v) is 17.0. The molecule has 0 aromatic heterocycles. The van der Waals surface area contributed by atoms with Crippen LogP contribution in [0.4, 0.5) is 0 Å². The van der Waals surface area contributed by atoms with Crippen molar-refractivity contribution in [3.05, 3.63) is 58.7 Å². The quantitative estimate of drug-likeness (QED) is 0.348. The number of aliphatic hydroxyl groups is 2. The summed E-state index contributed by atoms with van der Waals surface area (Å²) in [6.07, 6.45) is 1.39. The van der Waals surface area contributed by atoms with Gasteiger partial charge < -0.3 is 10.2 Å². The Kier molecular flexibility index (Phi) is 15.5. The van der Waals surface area contributed by atoms with Crippen molar-refractivity contribution in [3.8, 4) is 11.1 Å². The van der Waals surface area contributed by atoms with E-state index < -0.39 is 0 Å². The zero-order valence-electron chi connectivity index (χ0n) is 31.8. The Hall–Kier alpha value is -1.64. The van der Waals surface area contributed by atoms with E-state index in [9.17, 15) is 10.2 Å². The molecule has 1 aliphatic carbocycles. The third kappa shape index (κ3) is 9.67. The molecule has 2 nitrogen and oxygen atoms in total. The normalized spacial score (nSPS) is 14.1. The molecule has 1 aliphatic rings. The Morgan fingerprint density at radius 1 is 0.535 bits per heavy atom. The molecule has 0 saturated carbocycles. The van der Waals surface area contributed by atoms with Crippen molar-refractivity contribution in [2.24, 2.45) is 22.7 Å². The second kappa shape index (κ2) is 16.1. The summed E-state index contributed by atoms with van der Waals surface area (Å²) in [6, 6.07) is 14.1. The Morgan fingerprint density at radius 2 is 0.791 bits per heavy atom. The minimum atomic E-state index is -0.349. The van der Waals surface area contributed by atoms with Gasteiger partial charge in [-0.3, -0.25) is 0 Å². The van der Waals surface area contributed by atoms with Crippen LogP contribution >= 0.6 is 0 Å². The maximum Gasteiger partial charge on any atom is 0.0436 e. The van der Waals surface area contributed by atoms with Gasteiger partial charge in [0.05, 0.1) is 0 Å². The fourth-order valence-electron chi connectivity index (χ4n) is 6.57. The number of benzene rings is 2. The maximum atomic E-state index is 10.2. The molecule has 0 atom stereocenters. The van der Waals surface area contributed by atoms with Crippen molar-refractivity contribution < 1.29 is 10.2 Å². The fraction of sp³-hybridized carbons (Fsp3) is 0.707. The summed E-state index contributed by atoms with van der Waals surface area (Å²) in [5.41, 5.74) is 7.23. The zero-order valence-corrected chi connectivity index (χ0v) is 31.8. The van der Waals surface area contributed by atoms with Crippen molar-refractivity contribution in [1.82, 2.24) is 0 Å². The molecular weight excluding hydrogens is 524 g/mol. The van der Waals surface area contributed by atoms with Crippen LogP contribution < -0.4 is 0 Å². The minimum absolute atomic E-state index is 0.0361. The molecule has 0 fully saturated rings. The number of rotatable bonds is 6. The lowest BCUT2D eigenvalue weighted by Gasteiger charge is -2.56. The van der Waals surface area contributed by atoms with Gasteiger partial charge in [0.25, 0.3) is 0 Å².